The van der Waals surface area contributed by atoms with Gasteiger partial charge in [0.15, 0.2) is 0 Å². The molecule has 0 aromatic rings. The third kappa shape index (κ3) is 5.05. The summed E-state index contributed by atoms with van der Waals surface area (Å²) >= 11 is 0. The fraction of sp³-hybridized carbons (Fsp3) is 0.667. The number of piperidine rings is 1. The van der Waals surface area contributed by atoms with Crippen LogP contribution in [0.15, 0.2) is 23.8 Å². The van der Waals surface area contributed by atoms with E-state index in [9.17, 15) is 4.79 Å². The van der Waals surface area contributed by atoms with Crippen molar-refractivity contribution in [2.75, 3.05) is 19.6 Å². The summed E-state index contributed by atoms with van der Waals surface area (Å²) in [6.07, 6.45) is 9.97. The molecule has 0 aliphatic carbocycles. The predicted molar refractivity (Wildman–Crippen MR) is 74.6 cm³/mol. The molecule has 0 aromatic heterocycles. The average Bonchev–Trinajstić information content (AvgIpc) is 2.36. The third-order valence-electron chi connectivity index (χ3n) is 3.62. The first kappa shape index (κ1) is 15.0. The Hall–Kier alpha value is -1.09. The maximum Gasteiger partial charge on any atom is 0.303 e. The molecule has 102 valence electrons. The Bertz CT molecular complexity index is 312. The fourth-order valence-electron chi connectivity index (χ4n) is 2.60. The van der Waals surface area contributed by atoms with Gasteiger partial charge in [0.25, 0.3) is 0 Å². The minimum atomic E-state index is -0.686. The van der Waals surface area contributed by atoms with Crippen LogP contribution in [0.1, 0.15) is 39.5 Å². The van der Waals surface area contributed by atoms with Crippen molar-refractivity contribution in [1.82, 2.24) is 4.90 Å². The topological polar surface area (TPSA) is 40.5 Å². The van der Waals surface area contributed by atoms with Gasteiger partial charge in [0.05, 0.1) is 0 Å². The Morgan fingerprint density at radius 1 is 1.33 bits per heavy atom. The van der Waals surface area contributed by atoms with Crippen molar-refractivity contribution in [3.63, 3.8) is 0 Å². The lowest BCUT2D eigenvalue weighted by molar-refractivity contribution is -0.137. The Morgan fingerprint density at radius 2 is 2.00 bits per heavy atom. The van der Waals surface area contributed by atoms with Crippen LogP contribution >= 0.6 is 0 Å². The highest BCUT2D eigenvalue weighted by atomic mass is 16.4. The van der Waals surface area contributed by atoms with Gasteiger partial charge < -0.3 is 10.0 Å². The van der Waals surface area contributed by atoms with Crippen molar-refractivity contribution in [3.8, 4) is 0 Å². The number of allylic oxidation sites excluding steroid dienone is 4. The summed E-state index contributed by atoms with van der Waals surface area (Å²) in [5.74, 6) is -0.00362. The minimum absolute atomic E-state index is 0.290. The molecule has 0 spiro atoms. The molecule has 1 saturated heterocycles. The smallest absolute Gasteiger partial charge is 0.303 e. The number of nitrogens with zero attached hydrogens (tertiary/aromatic N) is 1. The molecule has 0 aromatic carbocycles. The summed E-state index contributed by atoms with van der Waals surface area (Å²) in [6, 6.07) is 0. The first-order valence-corrected chi connectivity index (χ1v) is 6.90. The van der Waals surface area contributed by atoms with E-state index in [1.165, 1.54) is 18.4 Å². The summed E-state index contributed by atoms with van der Waals surface area (Å²) in [5.41, 5.74) is 1.45. The van der Waals surface area contributed by atoms with Crippen LogP contribution < -0.4 is 0 Å². The Balaban J connectivity index is 2.30. The van der Waals surface area contributed by atoms with E-state index < -0.39 is 5.97 Å². The molecule has 0 unspecified atom stereocenters. The molecule has 0 radical (unpaired) electrons. The Kier molecular flexibility index (Phi) is 6.73. The third-order valence-corrected chi connectivity index (χ3v) is 3.62. The van der Waals surface area contributed by atoms with Gasteiger partial charge in [0, 0.05) is 6.42 Å². The normalized spacial score (nSPS) is 19.6. The van der Waals surface area contributed by atoms with Crippen molar-refractivity contribution >= 4 is 5.97 Å². The number of carbonyl (C=O) groups is 1. The monoisotopic (exact) mass is 251 g/mol. The molecule has 0 atom stereocenters. The van der Waals surface area contributed by atoms with Crippen molar-refractivity contribution in [3.05, 3.63) is 23.8 Å². The molecule has 1 fully saturated rings. The molecule has 1 aliphatic heterocycles. The number of carboxylic acid groups (broad SMARTS) is 1. The van der Waals surface area contributed by atoms with Crippen LogP contribution in [0.2, 0.25) is 0 Å². The molecule has 0 bridgehead atoms. The number of hydrogen-bond acceptors (Lipinski definition) is 2. The number of carboxylic acids is 1. The summed E-state index contributed by atoms with van der Waals surface area (Å²) < 4.78 is 0. The highest BCUT2D eigenvalue weighted by Crippen LogP contribution is 2.25. The molecule has 0 saturated carbocycles. The lowest BCUT2D eigenvalue weighted by Crippen LogP contribution is -2.35. The second kappa shape index (κ2) is 8.09. The highest BCUT2D eigenvalue weighted by molar-refractivity contribution is 5.66. The first-order chi connectivity index (χ1) is 8.67. The van der Waals surface area contributed by atoms with Crippen LogP contribution in [0.25, 0.3) is 0 Å². The molecule has 0 amide bonds. The van der Waals surface area contributed by atoms with Crippen molar-refractivity contribution in [1.29, 1.82) is 0 Å². The van der Waals surface area contributed by atoms with Gasteiger partial charge in [-0.1, -0.05) is 18.2 Å². The van der Waals surface area contributed by atoms with E-state index in [4.69, 9.17) is 5.11 Å². The molecular weight excluding hydrogens is 226 g/mol. The van der Waals surface area contributed by atoms with Gasteiger partial charge in [-0.2, -0.15) is 0 Å². The zero-order chi connectivity index (χ0) is 13.4. The maximum atomic E-state index is 10.5. The first-order valence-electron chi connectivity index (χ1n) is 6.90. The second-order valence-corrected chi connectivity index (χ2v) is 4.90. The lowest BCUT2D eigenvalue weighted by atomic mass is 9.88. The second-order valence-electron chi connectivity index (χ2n) is 4.90. The summed E-state index contributed by atoms with van der Waals surface area (Å²) in [7, 11) is 0. The van der Waals surface area contributed by atoms with Crippen LogP contribution in [-0.4, -0.2) is 35.6 Å². The van der Waals surface area contributed by atoms with Crippen LogP contribution in [0, 0.1) is 5.92 Å². The number of likely N-dealkylation sites (tertiary alicyclic amines) is 1. The molecule has 3 heteroatoms. The fourth-order valence-corrected chi connectivity index (χ4v) is 2.60. The molecule has 3 nitrogen and oxygen atoms in total. The van der Waals surface area contributed by atoms with E-state index in [0.29, 0.717) is 12.3 Å². The van der Waals surface area contributed by atoms with Gasteiger partial charge in [-0.05, 0) is 64.2 Å². The quantitative estimate of drug-likeness (QED) is 0.737. The van der Waals surface area contributed by atoms with E-state index in [-0.39, 0.29) is 0 Å². The van der Waals surface area contributed by atoms with Gasteiger partial charge >= 0.3 is 5.97 Å². The van der Waals surface area contributed by atoms with Gasteiger partial charge in [-0.15, -0.1) is 0 Å². The van der Waals surface area contributed by atoms with Crippen molar-refractivity contribution in [2.45, 2.75) is 39.5 Å². The van der Waals surface area contributed by atoms with E-state index in [0.717, 1.165) is 26.1 Å². The maximum absolute atomic E-state index is 10.5. The summed E-state index contributed by atoms with van der Waals surface area (Å²) in [5, 5.41) is 8.62. The highest BCUT2D eigenvalue weighted by Gasteiger charge is 2.20. The molecule has 1 rings (SSSR count). The standard InChI is InChI=1S/C15H25NO2/c1-3-6-13(4-2)14-8-11-16(12-9-14)10-5-7-15(17)18/h3-4,6,14H,5,7-12H2,1-2H3,(H,17,18)/b6-3-,13-4+. The Labute approximate surface area is 110 Å². The van der Waals surface area contributed by atoms with Crippen molar-refractivity contribution < 1.29 is 9.90 Å². The average molecular weight is 251 g/mol. The van der Waals surface area contributed by atoms with Crippen LogP contribution in [-0.2, 0) is 4.79 Å². The zero-order valence-electron chi connectivity index (χ0n) is 11.6. The van der Waals surface area contributed by atoms with Crippen molar-refractivity contribution in [2.24, 2.45) is 5.92 Å². The van der Waals surface area contributed by atoms with E-state index in [1.54, 1.807) is 0 Å². The molecule has 1 aliphatic rings. The van der Waals surface area contributed by atoms with Gasteiger partial charge in [0.2, 0.25) is 0 Å². The molecular formula is C15H25NO2. The SMILES string of the molecule is C/C=C\C(=C/C)C1CCN(CCCC(=O)O)CC1. The van der Waals surface area contributed by atoms with Gasteiger partial charge in [-0.3, -0.25) is 4.79 Å². The van der Waals surface area contributed by atoms with Crippen LogP contribution in [0.3, 0.4) is 0 Å². The largest absolute Gasteiger partial charge is 0.481 e. The number of rotatable bonds is 6. The van der Waals surface area contributed by atoms with E-state index in [1.807, 2.05) is 0 Å². The summed E-state index contributed by atoms with van der Waals surface area (Å²) in [6.45, 7) is 7.28. The van der Waals surface area contributed by atoms with E-state index >= 15 is 0 Å². The molecule has 1 N–H and O–H groups in total. The molecule has 18 heavy (non-hydrogen) atoms. The number of hydrogen-bond donors (Lipinski definition) is 1. The lowest BCUT2D eigenvalue weighted by Gasteiger charge is -2.32. The predicted octanol–water partition coefficient (Wildman–Crippen LogP) is 3.09. The van der Waals surface area contributed by atoms with Gasteiger partial charge in [0.1, 0.15) is 0 Å². The van der Waals surface area contributed by atoms with Crippen LogP contribution in [0.5, 0.6) is 0 Å². The molecule has 1 heterocycles. The van der Waals surface area contributed by atoms with Gasteiger partial charge in [-0.25, -0.2) is 0 Å². The summed E-state index contributed by atoms with van der Waals surface area (Å²) in [4.78, 5) is 12.9. The minimum Gasteiger partial charge on any atom is -0.481 e. The van der Waals surface area contributed by atoms with E-state index in [2.05, 4.69) is 37.0 Å². The van der Waals surface area contributed by atoms with Crippen LogP contribution in [0.4, 0.5) is 0 Å². The zero-order valence-corrected chi connectivity index (χ0v) is 11.6. The Morgan fingerprint density at radius 3 is 2.50 bits per heavy atom. The number of aliphatic carboxylic acids is 1.